The second-order valence-electron chi connectivity index (χ2n) is 4.11. The Morgan fingerprint density at radius 1 is 1.10 bits per heavy atom. The van der Waals surface area contributed by atoms with Gasteiger partial charge in [-0.25, -0.2) is 0 Å². The van der Waals surface area contributed by atoms with Gasteiger partial charge in [-0.15, -0.1) is 0 Å². The number of nitro benzene ring substituents is 3. The van der Waals surface area contributed by atoms with Gasteiger partial charge in [0, 0.05) is 6.92 Å². The highest BCUT2D eigenvalue weighted by atomic mass is 16.8. The summed E-state index contributed by atoms with van der Waals surface area (Å²) in [7, 11) is 0. The maximum Gasteiger partial charge on any atom is 0.325 e. The van der Waals surface area contributed by atoms with E-state index in [1.165, 1.54) is 6.92 Å². The van der Waals surface area contributed by atoms with E-state index in [-0.39, 0.29) is 6.61 Å². The van der Waals surface area contributed by atoms with Crippen LogP contribution in [-0.4, -0.2) is 27.2 Å². The quantitative estimate of drug-likeness (QED) is 0.448. The third-order valence-electron chi connectivity index (χ3n) is 2.51. The highest BCUT2D eigenvalue weighted by Crippen LogP contribution is 2.44. The van der Waals surface area contributed by atoms with Crippen LogP contribution in [0, 0.1) is 30.3 Å². The van der Waals surface area contributed by atoms with Crippen molar-refractivity contribution >= 4 is 17.1 Å². The summed E-state index contributed by atoms with van der Waals surface area (Å²) in [4.78, 5) is 29.6. The molecule has 1 heterocycles. The topological polar surface area (TPSA) is 151 Å². The molecule has 0 aliphatic carbocycles. The highest BCUT2D eigenvalue weighted by Gasteiger charge is 2.46. The van der Waals surface area contributed by atoms with Crippen molar-refractivity contribution in [2.75, 3.05) is 6.61 Å². The summed E-state index contributed by atoms with van der Waals surface area (Å²) >= 11 is 0. The first-order valence-corrected chi connectivity index (χ1v) is 5.18. The van der Waals surface area contributed by atoms with Gasteiger partial charge in [-0.2, -0.15) is 0 Å². The molecule has 1 aromatic carbocycles. The minimum atomic E-state index is -1.19. The van der Waals surface area contributed by atoms with Crippen LogP contribution in [0.1, 0.15) is 6.92 Å². The summed E-state index contributed by atoms with van der Waals surface area (Å²) in [6, 6.07) is 1.21. The third-order valence-corrected chi connectivity index (χ3v) is 2.51. The maximum atomic E-state index is 10.9. The van der Waals surface area contributed by atoms with Crippen molar-refractivity contribution in [2.45, 2.75) is 12.7 Å². The van der Waals surface area contributed by atoms with Gasteiger partial charge in [0.2, 0.25) is 5.79 Å². The second-order valence-corrected chi connectivity index (χ2v) is 4.11. The smallest absolute Gasteiger partial charge is 0.325 e. The van der Waals surface area contributed by atoms with Gasteiger partial charge in [-0.05, 0) is 0 Å². The molecule has 20 heavy (non-hydrogen) atoms. The van der Waals surface area contributed by atoms with E-state index in [1.807, 2.05) is 0 Å². The Morgan fingerprint density at radius 3 is 1.85 bits per heavy atom. The molecular formula is C9H7N3O8. The molecule has 0 spiro atoms. The molecule has 0 saturated carbocycles. The van der Waals surface area contributed by atoms with Gasteiger partial charge in [-0.3, -0.25) is 30.3 Å². The predicted octanol–water partition coefficient (Wildman–Crippen LogP) is 1.54. The van der Waals surface area contributed by atoms with Crippen LogP contribution in [0.2, 0.25) is 0 Å². The van der Waals surface area contributed by atoms with E-state index in [0.717, 1.165) is 0 Å². The molecule has 1 aromatic rings. The normalized spacial score (nSPS) is 20.2. The molecule has 1 aliphatic heterocycles. The first-order chi connectivity index (χ1) is 9.23. The minimum Gasteiger partial charge on any atom is -0.447 e. The predicted molar refractivity (Wildman–Crippen MR) is 61.4 cm³/mol. The highest BCUT2D eigenvalue weighted by molar-refractivity contribution is 5.65. The summed E-state index contributed by atoms with van der Waals surface area (Å²) < 4.78 is 9.95. The Bertz CT molecular complexity index is 589. The molecule has 11 heteroatoms. The Labute approximate surface area is 110 Å². The van der Waals surface area contributed by atoms with Crippen molar-refractivity contribution in [3.8, 4) is 5.75 Å². The lowest BCUT2D eigenvalue weighted by atomic mass is 10.2. The van der Waals surface area contributed by atoms with Crippen molar-refractivity contribution in [3.63, 3.8) is 0 Å². The number of nitrogens with zero attached hydrogens (tertiary/aromatic N) is 3. The van der Waals surface area contributed by atoms with Gasteiger partial charge < -0.3 is 9.47 Å². The summed E-state index contributed by atoms with van der Waals surface area (Å²) in [5.74, 6) is -1.85. The molecule has 11 nitrogen and oxygen atoms in total. The van der Waals surface area contributed by atoms with E-state index in [0.29, 0.717) is 12.1 Å². The van der Waals surface area contributed by atoms with Gasteiger partial charge in [0.1, 0.15) is 6.61 Å². The average Bonchev–Trinajstić information content (AvgIpc) is 3.05. The van der Waals surface area contributed by atoms with E-state index in [1.54, 1.807) is 0 Å². The van der Waals surface area contributed by atoms with Crippen LogP contribution in [0.4, 0.5) is 17.1 Å². The lowest BCUT2D eigenvalue weighted by Gasteiger charge is -2.09. The SMILES string of the molecule is CC1(Oc2c([N+](=O)[O-])cc([N+](=O)[O-])cc2[N+](=O)[O-])CO1. The Hall–Kier alpha value is -2.82. The van der Waals surface area contributed by atoms with E-state index < -0.39 is 43.4 Å². The van der Waals surface area contributed by atoms with Crippen LogP contribution in [0.5, 0.6) is 5.75 Å². The van der Waals surface area contributed by atoms with Crippen molar-refractivity contribution < 1.29 is 24.2 Å². The number of non-ortho nitro benzene ring substituents is 1. The number of hydrogen-bond donors (Lipinski definition) is 0. The van der Waals surface area contributed by atoms with Crippen LogP contribution < -0.4 is 4.74 Å². The molecule has 1 atom stereocenters. The molecule has 106 valence electrons. The zero-order valence-electron chi connectivity index (χ0n) is 9.97. The minimum absolute atomic E-state index is 0.109. The Morgan fingerprint density at radius 2 is 1.55 bits per heavy atom. The molecular weight excluding hydrogens is 278 g/mol. The molecule has 2 rings (SSSR count). The molecule has 1 fully saturated rings. The zero-order valence-corrected chi connectivity index (χ0v) is 9.97. The lowest BCUT2D eigenvalue weighted by Crippen LogP contribution is -2.16. The summed E-state index contributed by atoms with van der Waals surface area (Å²) in [5, 5.41) is 32.5. The van der Waals surface area contributed by atoms with Gasteiger partial charge in [-0.1, -0.05) is 0 Å². The first kappa shape index (κ1) is 13.6. The summed E-state index contributed by atoms with van der Waals surface area (Å²) in [5.41, 5.74) is -2.48. The van der Waals surface area contributed by atoms with E-state index in [9.17, 15) is 30.3 Å². The number of hydrogen-bond acceptors (Lipinski definition) is 8. The fraction of sp³-hybridized carbons (Fsp3) is 0.333. The Balaban J connectivity index is 2.63. The zero-order chi connectivity index (χ0) is 15.1. The summed E-state index contributed by atoms with van der Waals surface area (Å²) in [6.07, 6.45) is 0. The van der Waals surface area contributed by atoms with Crippen LogP contribution in [-0.2, 0) is 4.74 Å². The lowest BCUT2D eigenvalue weighted by molar-refractivity contribution is -0.404. The number of benzene rings is 1. The average molecular weight is 285 g/mol. The van der Waals surface area contributed by atoms with Crippen LogP contribution >= 0.6 is 0 Å². The van der Waals surface area contributed by atoms with Crippen LogP contribution in [0.15, 0.2) is 12.1 Å². The number of rotatable bonds is 5. The fourth-order valence-corrected chi connectivity index (χ4v) is 1.44. The standard InChI is InChI=1S/C9H7N3O8/c1-9(4-19-9)20-8-6(11(15)16)2-5(10(13)14)3-7(8)12(17)18/h2-3H,4H2,1H3. The fourth-order valence-electron chi connectivity index (χ4n) is 1.44. The van der Waals surface area contributed by atoms with E-state index in [2.05, 4.69) is 0 Å². The van der Waals surface area contributed by atoms with Gasteiger partial charge >= 0.3 is 11.4 Å². The van der Waals surface area contributed by atoms with Crippen molar-refractivity contribution in [1.82, 2.24) is 0 Å². The van der Waals surface area contributed by atoms with Crippen molar-refractivity contribution in [3.05, 3.63) is 42.5 Å². The van der Waals surface area contributed by atoms with E-state index >= 15 is 0 Å². The summed E-state index contributed by atoms with van der Waals surface area (Å²) in [6.45, 7) is 1.54. The Kier molecular flexibility index (Phi) is 2.98. The number of ether oxygens (including phenoxy) is 2. The molecule has 0 aromatic heterocycles. The van der Waals surface area contributed by atoms with Crippen molar-refractivity contribution in [1.29, 1.82) is 0 Å². The molecule has 1 aliphatic rings. The monoisotopic (exact) mass is 285 g/mol. The van der Waals surface area contributed by atoms with E-state index in [4.69, 9.17) is 9.47 Å². The number of nitro groups is 3. The molecule has 0 N–H and O–H groups in total. The molecule has 0 bridgehead atoms. The third kappa shape index (κ3) is 2.47. The molecule has 1 saturated heterocycles. The second kappa shape index (κ2) is 4.38. The number of epoxide rings is 1. The van der Waals surface area contributed by atoms with Crippen LogP contribution in [0.3, 0.4) is 0 Å². The van der Waals surface area contributed by atoms with Crippen LogP contribution in [0.25, 0.3) is 0 Å². The molecule has 1 unspecified atom stereocenters. The molecule has 0 amide bonds. The van der Waals surface area contributed by atoms with Gasteiger partial charge in [0.15, 0.2) is 0 Å². The largest absolute Gasteiger partial charge is 0.447 e. The van der Waals surface area contributed by atoms with Gasteiger partial charge in [0.25, 0.3) is 11.4 Å². The van der Waals surface area contributed by atoms with Crippen molar-refractivity contribution in [2.24, 2.45) is 0 Å². The molecule has 0 radical (unpaired) electrons. The first-order valence-electron chi connectivity index (χ1n) is 5.18. The maximum absolute atomic E-state index is 10.9. The van der Waals surface area contributed by atoms with Gasteiger partial charge in [0.05, 0.1) is 26.9 Å².